The second-order valence-electron chi connectivity index (χ2n) is 5.28. The van der Waals surface area contributed by atoms with Gasteiger partial charge < -0.3 is 10.2 Å². The van der Waals surface area contributed by atoms with Crippen molar-refractivity contribution >= 4 is 28.8 Å². The summed E-state index contributed by atoms with van der Waals surface area (Å²) in [6.45, 7) is 3.95. The summed E-state index contributed by atoms with van der Waals surface area (Å²) in [7, 11) is 0. The van der Waals surface area contributed by atoms with Crippen molar-refractivity contribution < 1.29 is 9.59 Å². The monoisotopic (exact) mass is 330 g/mol. The zero-order chi connectivity index (χ0) is 17.8. The average molecular weight is 330 g/mol. The number of nitrogens with zero attached hydrogens (tertiary/aromatic N) is 3. The minimum Gasteiger partial charge on any atom is -0.320 e. The molecular formula is C19H14N4O2. The third-order valence-corrected chi connectivity index (χ3v) is 3.74. The molecule has 0 spiro atoms. The highest BCUT2D eigenvalue weighted by molar-refractivity contribution is 6.37. The normalized spacial score (nSPS) is 14.5. The summed E-state index contributed by atoms with van der Waals surface area (Å²) in [5.74, 6) is -1.03. The highest BCUT2D eigenvalue weighted by Crippen LogP contribution is 2.38. The number of benzene rings is 1. The molecule has 0 saturated heterocycles. The van der Waals surface area contributed by atoms with Crippen LogP contribution in [0.4, 0.5) is 11.4 Å². The molecule has 1 aromatic carbocycles. The smallest absolute Gasteiger partial charge is 0.267 e. The number of carbonyl (C=O) groups is 2. The molecule has 2 heterocycles. The van der Waals surface area contributed by atoms with Crippen molar-refractivity contribution in [3.05, 3.63) is 72.6 Å². The Balaban J connectivity index is 2.07. The van der Waals surface area contributed by atoms with Crippen LogP contribution in [0.5, 0.6) is 0 Å². The zero-order valence-electron chi connectivity index (χ0n) is 13.3. The van der Waals surface area contributed by atoms with E-state index in [-0.39, 0.29) is 17.1 Å². The Bertz CT molecular complexity index is 926. The minimum absolute atomic E-state index is 0.0985. The fourth-order valence-corrected chi connectivity index (χ4v) is 2.68. The summed E-state index contributed by atoms with van der Waals surface area (Å²) in [6.07, 6.45) is 4.63. The number of hydrogen-bond acceptors (Lipinski definition) is 4. The number of fused-ring (bicyclic) bond motifs is 1. The van der Waals surface area contributed by atoms with Crippen LogP contribution in [-0.4, -0.2) is 23.3 Å². The van der Waals surface area contributed by atoms with E-state index in [0.717, 1.165) is 0 Å². The third kappa shape index (κ3) is 2.91. The molecule has 0 radical (unpaired) electrons. The Hall–Kier alpha value is -3.72. The van der Waals surface area contributed by atoms with Crippen molar-refractivity contribution in [3.63, 3.8) is 0 Å². The lowest BCUT2D eigenvalue weighted by Crippen LogP contribution is -2.27. The van der Waals surface area contributed by atoms with Crippen molar-refractivity contribution in [3.8, 4) is 6.07 Å². The maximum Gasteiger partial charge on any atom is 0.267 e. The fourth-order valence-electron chi connectivity index (χ4n) is 2.68. The van der Waals surface area contributed by atoms with Crippen molar-refractivity contribution in [2.75, 3.05) is 16.8 Å². The van der Waals surface area contributed by atoms with E-state index in [2.05, 4.69) is 16.9 Å². The molecule has 1 aliphatic rings. The quantitative estimate of drug-likeness (QED) is 0.530. The maximum absolute atomic E-state index is 12.8. The molecule has 6 heteroatoms. The molecule has 0 fully saturated rings. The molecule has 6 nitrogen and oxygen atoms in total. The molecule has 25 heavy (non-hydrogen) atoms. The van der Waals surface area contributed by atoms with E-state index in [9.17, 15) is 14.9 Å². The predicted molar refractivity (Wildman–Crippen MR) is 94.4 cm³/mol. The number of para-hydroxylation sites is 1. The molecule has 0 aliphatic carbocycles. The molecule has 0 saturated carbocycles. The van der Waals surface area contributed by atoms with Gasteiger partial charge in [0.25, 0.3) is 11.8 Å². The van der Waals surface area contributed by atoms with Crippen LogP contribution in [0.15, 0.2) is 67.0 Å². The molecule has 1 aromatic heterocycles. The van der Waals surface area contributed by atoms with Crippen LogP contribution in [0.1, 0.15) is 5.56 Å². The molecule has 0 atom stereocenters. The first-order chi connectivity index (χ1) is 12.2. The van der Waals surface area contributed by atoms with Gasteiger partial charge >= 0.3 is 0 Å². The van der Waals surface area contributed by atoms with Crippen LogP contribution < -0.4 is 10.2 Å². The molecule has 3 rings (SSSR count). The van der Waals surface area contributed by atoms with Gasteiger partial charge in [-0.05, 0) is 18.2 Å². The van der Waals surface area contributed by atoms with Crippen molar-refractivity contribution in [2.45, 2.75) is 0 Å². The van der Waals surface area contributed by atoms with Gasteiger partial charge in [-0.15, -0.1) is 6.58 Å². The lowest BCUT2D eigenvalue weighted by molar-refractivity contribution is -0.114. The summed E-state index contributed by atoms with van der Waals surface area (Å²) >= 11 is 0. The topological polar surface area (TPSA) is 86.1 Å². The second-order valence-corrected chi connectivity index (χ2v) is 5.28. The van der Waals surface area contributed by atoms with Gasteiger partial charge in [0.1, 0.15) is 11.6 Å². The second kappa shape index (κ2) is 6.81. The zero-order valence-corrected chi connectivity index (χ0v) is 13.3. The highest BCUT2D eigenvalue weighted by Gasteiger charge is 2.35. The maximum atomic E-state index is 12.8. The van der Waals surface area contributed by atoms with Gasteiger partial charge in [-0.1, -0.05) is 24.3 Å². The number of aromatic nitrogens is 1. The van der Waals surface area contributed by atoms with Crippen molar-refractivity contribution in [1.82, 2.24) is 4.98 Å². The molecule has 1 aliphatic heterocycles. The standard InChI is InChI=1S/C19H14N4O2/c1-2-10-23-16-8-4-3-7-14(16)17(19(23)25)15(11-20)18(24)22-13-6-5-9-21-12-13/h2-9,12H,1,10H2,(H,22,24)/b17-15+. The molecule has 1 N–H and O–H groups in total. The lowest BCUT2D eigenvalue weighted by atomic mass is 10.0. The number of anilines is 2. The molecule has 0 bridgehead atoms. The van der Waals surface area contributed by atoms with Gasteiger partial charge in [0.2, 0.25) is 0 Å². The van der Waals surface area contributed by atoms with Crippen LogP contribution in [0.2, 0.25) is 0 Å². The third-order valence-electron chi connectivity index (χ3n) is 3.74. The van der Waals surface area contributed by atoms with E-state index >= 15 is 0 Å². The summed E-state index contributed by atoms with van der Waals surface area (Å²) in [6, 6.07) is 12.2. The van der Waals surface area contributed by atoms with Crippen LogP contribution in [0.25, 0.3) is 5.57 Å². The molecule has 2 aromatic rings. The first-order valence-electron chi connectivity index (χ1n) is 7.55. The Morgan fingerprint density at radius 1 is 1.32 bits per heavy atom. The predicted octanol–water partition coefficient (Wildman–Crippen LogP) is 2.53. The summed E-state index contributed by atoms with van der Waals surface area (Å²) in [5, 5.41) is 12.1. The van der Waals surface area contributed by atoms with E-state index in [4.69, 9.17) is 0 Å². The van der Waals surface area contributed by atoms with Crippen LogP contribution in [0.3, 0.4) is 0 Å². The average Bonchev–Trinajstić information content (AvgIpc) is 2.90. The van der Waals surface area contributed by atoms with Crippen LogP contribution in [-0.2, 0) is 9.59 Å². The van der Waals surface area contributed by atoms with E-state index in [1.165, 1.54) is 11.1 Å². The van der Waals surface area contributed by atoms with Gasteiger partial charge in [-0.25, -0.2) is 0 Å². The Morgan fingerprint density at radius 3 is 2.80 bits per heavy atom. The minimum atomic E-state index is -0.644. The summed E-state index contributed by atoms with van der Waals surface area (Å²) in [4.78, 5) is 30.7. The van der Waals surface area contributed by atoms with E-state index in [0.29, 0.717) is 23.5 Å². The van der Waals surface area contributed by atoms with Crippen molar-refractivity contribution in [2.24, 2.45) is 0 Å². The van der Waals surface area contributed by atoms with Gasteiger partial charge in [0, 0.05) is 18.3 Å². The van der Waals surface area contributed by atoms with E-state index in [1.807, 2.05) is 6.07 Å². The molecule has 2 amide bonds. The highest BCUT2D eigenvalue weighted by atomic mass is 16.2. The number of hydrogen-bond donors (Lipinski definition) is 1. The first-order valence-corrected chi connectivity index (χ1v) is 7.55. The van der Waals surface area contributed by atoms with Gasteiger partial charge in [-0.3, -0.25) is 14.6 Å². The first kappa shape index (κ1) is 16.1. The number of carbonyl (C=O) groups excluding carboxylic acids is 2. The Labute approximate surface area is 144 Å². The van der Waals surface area contributed by atoms with E-state index < -0.39 is 5.91 Å². The number of nitrogens with one attached hydrogen (secondary N) is 1. The van der Waals surface area contributed by atoms with E-state index in [1.54, 1.807) is 48.7 Å². The number of nitriles is 1. The number of pyridine rings is 1. The number of amides is 2. The Kier molecular flexibility index (Phi) is 4.40. The largest absolute Gasteiger partial charge is 0.320 e. The fraction of sp³-hybridized carbons (Fsp3) is 0.0526. The van der Waals surface area contributed by atoms with Gasteiger partial charge in [-0.2, -0.15) is 5.26 Å². The van der Waals surface area contributed by atoms with Crippen LogP contribution in [0, 0.1) is 11.3 Å². The lowest BCUT2D eigenvalue weighted by Gasteiger charge is -2.14. The molecular weight excluding hydrogens is 316 g/mol. The van der Waals surface area contributed by atoms with Gasteiger partial charge in [0.15, 0.2) is 0 Å². The number of rotatable bonds is 4. The summed E-state index contributed by atoms with van der Waals surface area (Å²) in [5.41, 5.74) is 1.54. The van der Waals surface area contributed by atoms with Gasteiger partial charge in [0.05, 0.1) is 23.1 Å². The van der Waals surface area contributed by atoms with Crippen LogP contribution >= 0.6 is 0 Å². The SMILES string of the molecule is C=CCN1C(=O)/C(=C(\C#N)C(=O)Nc2cccnc2)c2ccccc21. The summed E-state index contributed by atoms with van der Waals surface area (Å²) < 4.78 is 0. The molecule has 122 valence electrons. The van der Waals surface area contributed by atoms with Crippen molar-refractivity contribution in [1.29, 1.82) is 5.26 Å². The Morgan fingerprint density at radius 2 is 2.12 bits per heavy atom. The molecule has 0 unspecified atom stereocenters.